The summed E-state index contributed by atoms with van der Waals surface area (Å²) in [6.45, 7) is 0.158. The van der Waals surface area contributed by atoms with Crippen LogP contribution in [0.3, 0.4) is 0 Å². The van der Waals surface area contributed by atoms with Gasteiger partial charge in [-0.25, -0.2) is 4.39 Å². The Labute approximate surface area is 104 Å². The lowest BCUT2D eigenvalue weighted by Crippen LogP contribution is -2.38. The number of carbonyl (C=O) groups is 1. The molecular formula is C13H13FN2O2. The molecule has 1 fully saturated rings. The summed E-state index contributed by atoms with van der Waals surface area (Å²) in [4.78, 5) is 11.0. The molecule has 0 aliphatic heterocycles. The van der Waals surface area contributed by atoms with Gasteiger partial charge in [-0.15, -0.1) is 0 Å². The maximum absolute atomic E-state index is 13.6. The van der Waals surface area contributed by atoms with Crippen molar-refractivity contribution in [3.05, 3.63) is 35.1 Å². The summed E-state index contributed by atoms with van der Waals surface area (Å²) in [5.74, 6) is -1.23. The maximum atomic E-state index is 13.6. The van der Waals surface area contributed by atoms with Crippen LogP contribution in [0.2, 0.25) is 0 Å². The second-order valence-corrected chi connectivity index (χ2v) is 4.45. The Morgan fingerprint density at radius 1 is 1.61 bits per heavy atom. The topological polar surface area (TPSA) is 73.1 Å². The minimum absolute atomic E-state index is 0.156. The minimum Gasteiger partial charge on any atom is -0.480 e. The van der Waals surface area contributed by atoms with Crippen LogP contribution in [0.5, 0.6) is 0 Å². The molecule has 5 heteroatoms. The molecule has 0 saturated heterocycles. The Morgan fingerprint density at radius 3 is 2.83 bits per heavy atom. The third-order valence-corrected chi connectivity index (χ3v) is 3.05. The fraction of sp³-hybridized carbons (Fsp3) is 0.385. The average molecular weight is 248 g/mol. The highest BCUT2D eigenvalue weighted by atomic mass is 19.1. The normalized spacial score (nSPS) is 16.0. The van der Waals surface area contributed by atoms with Gasteiger partial charge in [0.2, 0.25) is 0 Å². The van der Waals surface area contributed by atoms with E-state index in [1.165, 1.54) is 12.1 Å². The number of aliphatic carboxylic acids is 1. The highest BCUT2D eigenvalue weighted by Crippen LogP contribution is 2.32. The van der Waals surface area contributed by atoms with Crippen LogP contribution in [0, 0.1) is 23.1 Å². The van der Waals surface area contributed by atoms with Gasteiger partial charge in [-0.1, -0.05) is 6.07 Å². The zero-order valence-corrected chi connectivity index (χ0v) is 9.69. The van der Waals surface area contributed by atoms with Crippen molar-refractivity contribution < 1.29 is 14.3 Å². The number of nitrogens with one attached hydrogen (secondary N) is 1. The second-order valence-electron chi connectivity index (χ2n) is 4.45. The molecule has 2 rings (SSSR count). The van der Waals surface area contributed by atoms with E-state index in [1.54, 1.807) is 0 Å². The molecule has 0 spiro atoms. The first-order valence-corrected chi connectivity index (χ1v) is 5.76. The van der Waals surface area contributed by atoms with Gasteiger partial charge < -0.3 is 5.11 Å². The fourth-order valence-corrected chi connectivity index (χ4v) is 1.87. The second kappa shape index (κ2) is 5.15. The lowest BCUT2D eigenvalue weighted by molar-refractivity contribution is -0.140. The lowest BCUT2D eigenvalue weighted by Gasteiger charge is -2.13. The SMILES string of the molecule is N#Cc1ccc(CNC(C(=O)O)C2CC2)c(F)c1. The third kappa shape index (κ3) is 2.84. The minimum atomic E-state index is -0.897. The van der Waals surface area contributed by atoms with Gasteiger partial charge in [0, 0.05) is 12.1 Å². The smallest absolute Gasteiger partial charge is 0.320 e. The standard InChI is InChI=1S/C13H13FN2O2/c14-11-5-8(6-15)1-2-10(11)7-16-12(13(17)18)9-3-4-9/h1-2,5,9,12,16H,3-4,7H2,(H,17,18). The Balaban J connectivity index is 2.01. The summed E-state index contributed by atoms with van der Waals surface area (Å²) in [5.41, 5.74) is 0.633. The summed E-state index contributed by atoms with van der Waals surface area (Å²) >= 11 is 0. The molecule has 1 aliphatic carbocycles. The quantitative estimate of drug-likeness (QED) is 0.831. The zero-order chi connectivity index (χ0) is 13.1. The summed E-state index contributed by atoms with van der Waals surface area (Å²) in [6.07, 6.45) is 1.81. The Kier molecular flexibility index (Phi) is 3.58. The number of nitrogens with zero attached hydrogens (tertiary/aromatic N) is 1. The largest absolute Gasteiger partial charge is 0.480 e. The van der Waals surface area contributed by atoms with Gasteiger partial charge in [0.15, 0.2) is 0 Å². The van der Waals surface area contributed by atoms with Gasteiger partial charge in [-0.05, 0) is 30.9 Å². The summed E-state index contributed by atoms with van der Waals surface area (Å²) in [7, 11) is 0. The molecule has 1 unspecified atom stereocenters. The molecule has 1 saturated carbocycles. The molecule has 0 aromatic heterocycles. The molecule has 1 atom stereocenters. The van der Waals surface area contributed by atoms with E-state index in [0.29, 0.717) is 5.56 Å². The molecule has 2 N–H and O–H groups in total. The first-order chi connectivity index (χ1) is 8.61. The molecule has 1 aromatic rings. The molecule has 1 aromatic carbocycles. The first-order valence-electron chi connectivity index (χ1n) is 5.76. The van der Waals surface area contributed by atoms with Crippen LogP contribution in [0.4, 0.5) is 4.39 Å². The molecular weight excluding hydrogens is 235 g/mol. The van der Waals surface area contributed by atoms with Crippen molar-refractivity contribution >= 4 is 5.97 Å². The molecule has 94 valence electrons. The molecule has 18 heavy (non-hydrogen) atoms. The highest BCUT2D eigenvalue weighted by molar-refractivity contribution is 5.74. The zero-order valence-electron chi connectivity index (χ0n) is 9.69. The number of nitriles is 1. The van der Waals surface area contributed by atoms with Crippen molar-refractivity contribution in [2.24, 2.45) is 5.92 Å². The van der Waals surface area contributed by atoms with Gasteiger partial charge in [0.05, 0.1) is 11.6 Å². The number of carboxylic acids is 1. The maximum Gasteiger partial charge on any atom is 0.320 e. The van der Waals surface area contributed by atoms with Crippen molar-refractivity contribution in [3.8, 4) is 6.07 Å². The Bertz CT molecular complexity index is 506. The van der Waals surface area contributed by atoms with Crippen molar-refractivity contribution in [2.45, 2.75) is 25.4 Å². The van der Waals surface area contributed by atoms with E-state index >= 15 is 0 Å². The van der Waals surface area contributed by atoms with E-state index in [2.05, 4.69) is 5.32 Å². The van der Waals surface area contributed by atoms with E-state index < -0.39 is 17.8 Å². The highest BCUT2D eigenvalue weighted by Gasteiger charge is 2.35. The van der Waals surface area contributed by atoms with Crippen molar-refractivity contribution in [1.82, 2.24) is 5.32 Å². The van der Waals surface area contributed by atoms with Crippen LogP contribution in [-0.2, 0) is 11.3 Å². The number of carboxylic acid groups (broad SMARTS) is 1. The first kappa shape index (κ1) is 12.5. The fourth-order valence-electron chi connectivity index (χ4n) is 1.87. The van der Waals surface area contributed by atoms with E-state index in [9.17, 15) is 9.18 Å². The van der Waals surface area contributed by atoms with E-state index in [1.807, 2.05) is 6.07 Å². The number of rotatable bonds is 5. The van der Waals surface area contributed by atoms with Gasteiger partial charge in [0.25, 0.3) is 0 Å². The van der Waals surface area contributed by atoms with Crippen LogP contribution in [-0.4, -0.2) is 17.1 Å². The van der Waals surface area contributed by atoms with E-state index in [-0.39, 0.29) is 18.0 Å². The van der Waals surface area contributed by atoms with Gasteiger partial charge in [-0.2, -0.15) is 5.26 Å². The van der Waals surface area contributed by atoms with Crippen LogP contribution in [0.25, 0.3) is 0 Å². The monoisotopic (exact) mass is 248 g/mol. The predicted molar refractivity (Wildman–Crippen MR) is 62.1 cm³/mol. The molecule has 0 radical (unpaired) electrons. The molecule has 0 amide bonds. The van der Waals surface area contributed by atoms with Crippen LogP contribution in [0.1, 0.15) is 24.0 Å². The number of benzene rings is 1. The van der Waals surface area contributed by atoms with Crippen LogP contribution in [0.15, 0.2) is 18.2 Å². The van der Waals surface area contributed by atoms with Crippen molar-refractivity contribution in [1.29, 1.82) is 5.26 Å². The predicted octanol–water partition coefficient (Wildman–Crippen LogP) is 1.65. The number of hydrogen-bond acceptors (Lipinski definition) is 3. The lowest BCUT2D eigenvalue weighted by atomic mass is 10.1. The average Bonchev–Trinajstić information content (AvgIpc) is 3.15. The molecule has 0 bridgehead atoms. The molecule has 4 nitrogen and oxygen atoms in total. The Hall–Kier alpha value is -1.93. The number of hydrogen-bond donors (Lipinski definition) is 2. The van der Waals surface area contributed by atoms with Crippen molar-refractivity contribution in [3.63, 3.8) is 0 Å². The number of halogens is 1. The van der Waals surface area contributed by atoms with Crippen LogP contribution < -0.4 is 5.32 Å². The summed E-state index contributed by atoms with van der Waals surface area (Å²) in [6, 6.07) is 5.42. The summed E-state index contributed by atoms with van der Waals surface area (Å²) < 4.78 is 13.6. The van der Waals surface area contributed by atoms with Gasteiger partial charge >= 0.3 is 5.97 Å². The molecule has 0 heterocycles. The van der Waals surface area contributed by atoms with Gasteiger partial charge in [-0.3, -0.25) is 10.1 Å². The van der Waals surface area contributed by atoms with Crippen molar-refractivity contribution in [2.75, 3.05) is 0 Å². The van der Waals surface area contributed by atoms with E-state index in [4.69, 9.17) is 10.4 Å². The summed E-state index contributed by atoms with van der Waals surface area (Å²) in [5, 5.41) is 20.5. The Morgan fingerprint density at radius 2 is 2.33 bits per heavy atom. The molecule has 1 aliphatic rings. The third-order valence-electron chi connectivity index (χ3n) is 3.05. The van der Waals surface area contributed by atoms with Gasteiger partial charge in [0.1, 0.15) is 11.9 Å². The van der Waals surface area contributed by atoms with Crippen LogP contribution >= 0.6 is 0 Å². The van der Waals surface area contributed by atoms with E-state index in [0.717, 1.165) is 18.9 Å².